The van der Waals surface area contributed by atoms with Crippen LogP contribution in [0, 0.1) is 17.7 Å². The molecule has 6 nitrogen and oxygen atoms in total. The minimum atomic E-state index is -1.48. The van der Waals surface area contributed by atoms with Crippen molar-refractivity contribution in [2.75, 3.05) is 16.6 Å². The Bertz CT molecular complexity index is 1100. The first-order chi connectivity index (χ1) is 16.8. The van der Waals surface area contributed by atoms with Gasteiger partial charge in [0.25, 0.3) is 0 Å². The number of benzene rings is 2. The number of carboxylic acids is 1. The smallest absolute Gasteiger partial charge is 0.304 e. The van der Waals surface area contributed by atoms with Gasteiger partial charge in [-0.25, -0.2) is 8.60 Å². The molecule has 0 radical (unpaired) electrons. The molecule has 1 saturated heterocycles. The van der Waals surface area contributed by atoms with Crippen molar-refractivity contribution in [1.82, 2.24) is 4.90 Å². The number of hydrogen-bond acceptors (Lipinski definition) is 3. The second kappa shape index (κ2) is 11.1. The summed E-state index contributed by atoms with van der Waals surface area (Å²) < 4.78 is 29.4. The monoisotopic (exact) mass is 520 g/mol. The van der Waals surface area contributed by atoms with Gasteiger partial charge in [0.05, 0.1) is 30.7 Å². The Labute approximate surface area is 212 Å². The largest absolute Gasteiger partial charge is 0.481 e. The molecule has 188 valence electrons. The van der Waals surface area contributed by atoms with Crippen molar-refractivity contribution in [2.24, 2.45) is 11.8 Å². The molecule has 35 heavy (non-hydrogen) atoms. The van der Waals surface area contributed by atoms with E-state index in [2.05, 4.69) is 0 Å². The fraction of sp³-hybridized carbons (Fsp3) is 0.462. The summed E-state index contributed by atoms with van der Waals surface area (Å²) in [7, 11) is -1.48. The summed E-state index contributed by atoms with van der Waals surface area (Å²) in [4.78, 5) is 27.1. The average molecular weight is 521 g/mol. The van der Waals surface area contributed by atoms with Gasteiger partial charge < -0.3 is 10.0 Å². The second-order valence-corrected chi connectivity index (χ2v) is 11.3. The fourth-order valence-electron chi connectivity index (χ4n) is 5.01. The van der Waals surface area contributed by atoms with Gasteiger partial charge in [0.15, 0.2) is 0 Å². The number of carboxylic acid groups (broad SMARTS) is 1. The number of nitrogens with zero attached hydrogens (tertiary/aromatic N) is 2. The Morgan fingerprint density at radius 3 is 2.46 bits per heavy atom. The van der Waals surface area contributed by atoms with Gasteiger partial charge in [-0.15, -0.1) is 0 Å². The number of piperidine rings is 1. The average Bonchev–Trinajstić information content (AvgIpc) is 3.67. The van der Waals surface area contributed by atoms with E-state index in [0.717, 1.165) is 18.4 Å². The Kier molecular flexibility index (Phi) is 8.12. The number of anilines is 1. The van der Waals surface area contributed by atoms with Gasteiger partial charge in [0, 0.05) is 16.7 Å². The zero-order chi connectivity index (χ0) is 25.1. The van der Waals surface area contributed by atoms with Crippen LogP contribution in [0.25, 0.3) is 0 Å². The molecule has 1 aliphatic carbocycles. The van der Waals surface area contributed by atoms with E-state index >= 15 is 0 Å². The zero-order valence-corrected chi connectivity index (χ0v) is 21.2. The van der Waals surface area contributed by atoms with Crippen molar-refractivity contribution >= 4 is 40.2 Å². The van der Waals surface area contributed by atoms with E-state index in [4.69, 9.17) is 11.6 Å². The SMILES string of the molecule is CCS(=O)N(CC(C1CC1)N1C(=O)[C@@H](CC(=O)O)CC[C@H]1c1ccc(Cl)cc1)c1ccccc1F. The van der Waals surface area contributed by atoms with Gasteiger partial charge in [-0.1, -0.05) is 42.8 Å². The summed E-state index contributed by atoms with van der Waals surface area (Å²) in [5.74, 6) is -1.80. The fourth-order valence-corrected chi connectivity index (χ4v) is 6.13. The Morgan fingerprint density at radius 1 is 1.17 bits per heavy atom. The van der Waals surface area contributed by atoms with Gasteiger partial charge in [-0.05, 0) is 61.4 Å². The van der Waals surface area contributed by atoms with Gasteiger partial charge >= 0.3 is 5.97 Å². The summed E-state index contributed by atoms with van der Waals surface area (Å²) in [6, 6.07) is 13.0. The molecule has 0 bridgehead atoms. The highest BCUT2D eigenvalue weighted by Gasteiger charge is 2.46. The van der Waals surface area contributed by atoms with Gasteiger partial charge in [-0.2, -0.15) is 0 Å². The minimum Gasteiger partial charge on any atom is -0.481 e. The second-order valence-electron chi connectivity index (χ2n) is 9.21. The molecule has 9 heteroatoms. The number of halogens is 2. The number of para-hydroxylation sites is 1. The van der Waals surface area contributed by atoms with Crippen LogP contribution in [0.1, 0.15) is 50.6 Å². The van der Waals surface area contributed by atoms with Crippen LogP contribution in [0.5, 0.6) is 0 Å². The molecule has 4 atom stereocenters. The first-order valence-electron chi connectivity index (χ1n) is 12.0. The van der Waals surface area contributed by atoms with Crippen LogP contribution in [-0.2, 0) is 20.6 Å². The maximum absolute atomic E-state index is 14.8. The topological polar surface area (TPSA) is 77.9 Å². The highest BCUT2D eigenvalue weighted by atomic mass is 35.5. The quantitative estimate of drug-likeness (QED) is 0.467. The first-order valence-corrected chi connectivity index (χ1v) is 13.7. The standard InChI is InChI=1S/C26H30ClFN2O4S/c1-2-35(34)29(23-6-4-3-5-21(23)28)16-24(18-7-8-18)30-22(17-9-12-20(27)13-10-17)14-11-19(26(30)33)15-25(31)32/h3-6,9-10,12-13,18-19,22,24H,2,7-8,11,14-16H2,1H3,(H,31,32)/t19-,22+,24?,35?/m1/s1. The molecule has 1 N–H and O–H groups in total. The molecular formula is C26H30ClFN2O4S. The summed E-state index contributed by atoms with van der Waals surface area (Å²) in [6.45, 7) is 1.99. The molecule has 2 aromatic carbocycles. The number of carbonyl (C=O) groups excluding carboxylic acids is 1. The lowest BCUT2D eigenvalue weighted by atomic mass is 9.84. The molecule has 0 spiro atoms. The molecule has 1 amide bonds. The lowest BCUT2D eigenvalue weighted by molar-refractivity contribution is -0.151. The lowest BCUT2D eigenvalue weighted by Gasteiger charge is -2.45. The van der Waals surface area contributed by atoms with Crippen LogP contribution in [0.15, 0.2) is 48.5 Å². The zero-order valence-electron chi connectivity index (χ0n) is 19.6. The van der Waals surface area contributed by atoms with Crippen LogP contribution in [0.3, 0.4) is 0 Å². The number of carbonyl (C=O) groups is 2. The summed E-state index contributed by atoms with van der Waals surface area (Å²) in [5, 5.41) is 9.99. The Hall–Kier alpha value is -2.45. The van der Waals surface area contributed by atoms with Crippen molar-refractivity contribution in [1.29, 1.82) is 0 Å². The molecule has 2 fully saturated rings. The molecule has 1 heterocycles. The third-order valence-electron chi connectivity index (χ3n) is 6.89. The van der Waals surface area contributed by atoms with Gasteiger partial charge in [0.1, 0.15) is 16.8 Å². The van der Waals surface area contributed by atoms with Crippen LogP contribution >= 0.6 is 11.6 Å². The highest BCUT2D eigenvalue weighted by Crippen LogP contribution is 2.44. The Balaban J connectivity index is 1.73. The maximum atomic E-state index is 14.8. The molecule has 1 saturated carbocycles. The predicted octanol–water partition coefficient (Wildman–Crippen LogP) is 5.20. The van der Waals surface area contributed by atoms with Crippen molar-refractivity contribution in [2.45, 2.75) is 51.1 Å². The van der Waals surface area contributed by atoms with E-state index in [1.165, 1.54) is 6.07 Å². The van der Waals surface area contributed by atoms with E-state index in [1.54, 1.807) is 41.6 Å². The van der Waals surface area contributed by atoms with Crippen LogP contribution in [0.4, 0.5) is 10.1 Å². The van der Waals surface area contributed by atoms with Crippen molar-refractivity contribution in [3.63, 3.8) is 0 Å². The third kappa shape index (κ3) is 5.86. The van der Waals surface area contributed by atoms with Crippen molar-refractivity contribution < 1.29 is 23.3 Å². The van der Waals surface area contributed by atoms with Gasteiger partial charge in [0.2, 0.25) is 5.91 Å². The number of amides is 1. The third-order valence-corrected chi connectivity index (χ3v) is 8.48. The van der Waals surface area contributed by atoms with E-state index in [9.17, 15) is 23.3 Å². The molecule has 2 aliphatic rings. The maximum Gasteiger partial charge on any atom is 0.304 e. The molecule has 1 aliphatic heterocycles. The van der Waals surface area contributed by atoms with Crippen LogP contribution in [0.2, 0.25) is 5.02 Å². The summed E-state index contributed by atoms with van der Waals surface area (Å²) >= 11 is 6.10. The predicted molar refractivity (Wildman–Crippen MR) is 135 cm³/mol. The first kappa shape index (κ1) is 25.6. The van der Waals surface area contributed by atoms with Gasteiger partial charge in [-0.3, -0.25) is 13.9 Å². The van der Waals surface area contributed by atoms with E-state index in [1.807, 2.05) is 17.0 Å². The molecule has 2 unspecified atom stereocenters. The van der Waals surface area contributed by atoms with Crippen molar-refractivity contribution in [3.05, 3.63) is 64.9 Å². The number of rotatable bonds is 10. The molecule has 0 aromatic heterocycles. The number of likely N-dealkylation sites (tertiary alicyclic amines) is 1. The molecular weight excluding hydrogens is 491 g/mol. The summed E-state index contributed by atoms with van der Waals surface area (Å²) in [6.07, 6.45) is 2.69. The van der Waals surface area contributed by atoms with E-state index < -0.39 is 28.7 Å². The van der Waals surface area contributed by atoms with Crippen LogP contribution in [-0.4, -0.2) is 44.4 Å². The van der Waals surface area contributed by atoms with Crippen LogP contribution < -0.4 is 4.31 Å². The highest BCUT2D eigenvalue weighted by molar-refractivity contribution is 7.86. The normalized spacial score (nSPS) is 22.0. The number of hydrogen-bond donors (Lipinski definition) is 1. The summed E-state index contributed by atoms with van der Waals surface area (Å²) in [5.41, 5.74) is 1.17. The van der Waals surface area contributed by atoms with E-state index in [-0.39, 0.29) is 42.6 Å². The van der Waals surface area contributed by atoms with E-state index in [0.29, 0.717) is 23.6 Å². The molecule has 4 rings (SSSR count). The van der Waals surface area contributed by atoms with Crippen molar-refractivity contribution in [3.8, 4) is 0 Å². The number of aliphatic carboxylic acids is 1. The minimum absolute atomic E-state index is 0.181. The molecule has 2 aromatic rings. The lowest BCUT2D eigenvalue weighted by Crippen LogP contribution is -2.54. The Morgan fingerprint density at radius 2 is 1.86 bits per heavy atom.